The second-order valence-corrected chi connectivity index (χ2v) is 7.93. The van der Waals surface area contributed by atoms with Crippen molar-refractivity contribution in [2.75, 3.05) is 18.0 Å². The Morgan fingerprint density at radius 2 is 1.86 bits per heavy atom. The predicted octanol–water partition coefficient (Wildman–Crippen LogP) is 4.01. The van der Waals surface area contributed by atoms with Gasteiger partial charge in [0.2, 0.25) is 0 Å². The normalized spacial score (nSPS) is 15.1. The van der Waals surface area contributed by atoms with Crippen LogP contribution < -0.4 is 10.2 Å². The lowest BCUT2D eigenvalue weighted by Gasteiger charge is -2.34. The van der Waals surface area contributed by atoms with Crippen LogP contribution in [0, 0.1) is 0 Å². The molecule has 4 rings (SSSR count). The van der Waals surface area contributed by atoms with Crippen molar-refractivity contribution in [2.45, 2.75) is 25.4 Å². The van der Waals surface area contributed by atoms with Crippen LogP contribution >= 0.6 is 15.9 Å². The van der Waals surface area contributed by atoms with Crippen molar-refractivity contribution in [1.82, 2.24) is 15.5 Å². The van der Waals surface area contributed by atoms with Crippen molar-refractivity contribution in [2.24, 2.45) is 0 Å². The second kappa shape index (κ2) is 8.24. The summed E-state index contributed by atoms with van der Waals surface area (Å²) in [6, 6.07) is 14.0. The molecule has 0 spiro atoms. The summed E-state index contributed by atoms with van der Waals surface area (Å²) in [4.78, 5) is 2.29. The highest BCUT2D eigenvalue weighted by molar-refractivity contribution is 9.10. The third kappa shape index (κ3) is 4.00. The molecule has 0 atom stereocenters. The smallest absolute Gasteiger partial charge is 0.133 e. The summed E-state index contributed by atoms with van der Waals surface area (Å²) in [7, 11) is 0. The predicted molar refractivity (Wildman–Crippen MR) is 114 cm³/mol. The van der Waals surface area contributed by atoms with E-state index in [0.717, 1.165) is 43.9 Å². The van der Waals surface area contributed by atoms with Crippen LogP contribution in [0.2, 0.25) is 0 Å². The lowest BCUT2D eigenvalue weighted by Crippen LogP contribution is -2.42. The number of anilines is 1. The summed E-state index contributed by atoms with van der Waals surface area (Å²) in [6.45, 7) is 2.72. The number of nitrogens with zero attached hydrogens (tertiary/aromatic N) is 2. The number of piperidine rings is 1. The zero-order valence-electron chi connectivity index (χ0n) is 15.4. The molecule has 0 unspecified atom stereocenters. The third-order valence-electron chi connectivity index (χ3n) is 5.23. The topological polar surface area (TPSA) is 84.4 Å². The Hall–Kier alpha value is -2.51. The molecule has 28 heavy (non-hydrogen) atoms. The minimum atomic E-state index is 0.00706. The van der Waals surface area contributed by atoms with Gasteiger partial charge in [0.15, 0.2) is 0 Å². The summed E-state index contributed by atoms with van der Waals surface area (Å²) in [5, 5.41) is 30.9. The first-order valence-corrected chi connectivity index (χ1v) is 10.2. The first-order valence-electron chi connectivity index (χ1n) is 9.39. The van der Waals surface area contributed by atoms with Gasteiger partial charge in [-0.3, -0.25) is 5.10 Å². The number of hydrogen-bond donors (Lipinski definition) is 4. The fourth-order valence-corrected chi connectivity index (χ4v) is 3.99. The number of aromatic amines is 1. The molecule has 0 amide bonds. The average Bonchev–Trinajstić information content (AvgIpc) is 3.20. The minimum absolute atomic E-state index is 0.00706. The maximum absolute atomic E-state index is 10.3. The summed E-state index contributed by atoms with van der Waals surface area (Å²) in [5.74, 6) is 0.0261. The molecule has 3 aromatic rings. The van der Waals surface area contributed by atoms with Crippen molar-refractivity contribution < 1.29 is 10.2 Å². The monoisotopic (exact) mass is 442 g/mol. The first kappa shape index (κ1) is 18.8. The molecular weight excluding hydrogens is 420 g/mol. The van der Waals surface area contributed by atoms with E-state index in [-0.39, 0.29) is 11.5 Å². The van der Waals surface area contributed by atoms with Crippen LogP contribution in [0.4, 0.5) is 5.69 Å². The Bertz CT molecular complexity index is 937. The van der Waals surface area contributed by atoms with Gasteiger partial charge in [-0.15, -0.1) is 0 Å². The summed E-state index contributed by atoms with van der Waals surface area (Å²) >= 11 is 3.31. The molecule has 146 valence electrons. The molecular formula is C21H23BrN4O2. The minimum Gasteiger partial charge on any atom is -0.507 e. The maximum atomic E-state index is 10.3. The lowest BCUT2D eigenvalue weighted by molar-refractivity contribution is 0.414. The van der Waals surface area contributed by atoms with Gasteiger partial charge in [0, 0.05) is 37.3 Å². The number of hydrogen-bond acceptors (Lipinski definition) is 5. The van der Waals surface area contributed by atoms with Gasteiger partial charge in [-0.25, -0.2) is 0 Å². The van der Waals surface area contributed by atoms with Crippen LogP contribution in [0.1, 0.15) is 18.4 Å². The number of halogens is 1. The van der Waals surface area contributed by atoms with Gasteiger partial charge in [0.05, 0.1) is 22.1 Å². The van der Waals surface area contributed by atoms with Crippen molar-refractivity contribution in [1.29, 1.82) is 0 Å². The molecule has 0 radical (unpaired) electrons. The van der Waals surface area contributed by atoms with Gasteiger partial charge in [-0.1, -0.05) is 30.3 Å². The highest BCUT2D eigenvalue weighted by Crippen LogP contribution is 2.40. The third-order valence-corrected chi connectivity index (χ3v) is 5.86. The Kier molecular flexibility index (Phi) is 5.54. The van der Waals surface area contributed by atoms with E-state index in [1.54, 1.807) is 12.3 Å². The number of H-pyrrole nitrogens is 1. The second-order valence-electron chi connectivity index (χ2n) is 7.08. The fraction of sp³-hybridized carbons (Fsp3) is 0.286. The van der Waals surface area contributed by atoms with E-state index in [9.17, 15) is 10.2 Å². The zero-order valence-corrected chi connectivity index (χ0v) is 17.0. The molecule has 1 aliphatic rings. The molecule has 2 heterocycles. The van der Waals surface area contributed by atoms with Crippen molar-refractivity contribution in [3.05, 3.63) is 58.7 Å². The van der Waals surface area contributed by atoms with Gasteiger partial charge in [-0.2, -0.15) is 5.10 Å². The van der Waals surface area contributed by atoms with E-state index in [2.05, 4.69) is 60.6 Å². The Balaban J connectivity index is 1.42. The maximum Gasteiger partial charge on any atom is 0.133 e. The van der Waals surface area contributed by atoms with E-state index in [1.165, 1.54) is 11.6 Å². The van der Waals surface area contributed by atoms with Crippen LogP contribution in [0.3, 0.4) is 0 Å². The number of aromatic hydroxyl groups is 2. The molecule has 4 N–H and O–H groups in total. The lowest BCUT2D eigenvalue weighted by atomic mass is 10.0. The summed E-state index contributed by atoms with van der Waals surface area (Å²) in [5.41, 5.74) is 3.64. The van der Waals surface area contributed by atoms with E-state index < -0.39 is 0 Å². The average molecular weight is 443 g/mol. The molecule has 1 aliphatic heterocycles. The molecule has 1 saturated heterocycles. The highest BCUT2D eigenvalue weighted by Gasteiger charge is 2.23. The van der Waals surface area contributed by atoms with Crippen LogP contribution in [0.25, 0.3) is 11.3 Å². The highest BCUT2D eigenvalue weighted by atomic mass is 79.9. The number of benzene rings is 2. The van der Waals surface area contributed by atoms with E-state index in [4.69, 9.17) is 0 Å². The standard InChI is InChI=1S/C21H23BrN4O2/c22-17-10-16(19(27)11-20(17)28)21-18(13-24-25-21)26-8-6-15(7-9-26)23-12-14-4-2-1-3-5-14/h1-5,10-11,13,15,23,27-28H,6-9,12H2,(H,24,25). The Morgan fingerprint density at radius 3 is 2.61 bits per heavy atom. The summed E-state index contributed by atoms with van der Waals surface area (Å²) < 4.78 is 0.532. The largest absolute Gasteiger partial charge is 0.507 e. The zero-order chi connectivity index (χ0) is 19.5. The fourth-order valence-electron chi connectivity index (χ4n) is 3.65. The number of aromatic nitrogens is 2. The Labute approximate surface area is 172 Å². The summed E-state index contributed by atoms with van der Waals surface area (Å²) in [6.07, 6.45) is 3.89. The molecule has 7 heteroatoms. The Morgan fingerprint density at radius 1 is 1.11 bits per heavy atom. The molecule has 1 fully saturated rings. The van der Waals surface area contributed by atoms with Crippen LogP contribution in [0.5, 0.6) is 11.5 Å². The molecule has 0 bridgehead atoms. The van der Waals surface area contributed by atoms with E-state index in [1.807, 2.05) is 6.07 Å². The van der Waals surface area contributed by atoms with Gasteiger partial charge in [0.25, 0.3) is 0 Å². The van der Waals surface area contributed by atoms with Crippen molar-refractivity contribution in [3.63, 3.8) is 0 Å². The number of phenolic OH excluding ortho intramolecular Hbond substituents is 2. The number of rotatable bonds is 5. The van der Waals surface area contributed by atoms with Gasteiger partial charge < -0.3 is 20.4 Å². The quantitative estimate of drug-likeness (QED) is 0.479. The molecule has 0 aliphatic carbocycles. The molecule has 0 saturated carbocycles. The van der Waals surface area contributed by atoms with Gasteiger partial charge >= 0.3 is 0 Å². The van der Waals surface area contributed by atoms with E-state index >= 15 is 0 Å². The van der Waals surface area contributed by atoms with Crippen molar-refractivity contribution >= 4 is 21.6 Å². The van der Waals surface area contributed by atoms with Crippen molar-refractivity contribution in [3.8, 4) is 22.8 Å². The first-order chi connectivity index (χ1) is 13.6. The number of nitrogens with one attached hydrogen (secondary N) is 2. The SMILES string of the molecule is Oc1cc(O)c(-c2[nH]ncc2N2CCC(NCc3ccccc3)CC2)cc1Br. The number of phenols is 2. The van der Waals surface area contributed by atoms with E-state index in [0.29, 0.717) is 16.1 Å². The van der Waals surface area contributed by atoms with Crippen LogP contribution in [0.15, 0.2) is 53.1 Å². The molecule has 6 nitrogen and oxygen atoms in total. The van der Waals surface area contributed by atoms with Crippen LogP contribution in [-0.4, -0.2) is 39.5 Å². The molecule has 2 aromatic carbocycles. The van der Waals surface area contributed by atoms with Crippen LogP contribution in [-0.2, 0) is 6.54 Å². The van der Waals surface area contributed by atoms with Gasteiger partial charge in [-0.05, 0) is 40.4 Å². The molecule has 1 aromatic heterocycles. The van der Waals surface area contributed by atoms with Gasteiger partial charge in [0.1, 0.15) is 11.5 Å².